The quantitative estimate of drug-likeness (QED) is 0.638. The van der Waals surface area contributed by atoms with Gasteiger partial charge < -0.3 is 4.74 Å². The molecule has 4 nitrogen and oxygen atoms in total. The predicted molar refractivity (Wildman–Crippen MR) is 74.3 cm³/mol. The maximum absolute atomic E-state index is 13.4. The molecule has 0 saturated heterocycles. The van der Waals surface area contributed by atoms with E-state index in [0.29, 0.717) is 0 Å². The first-order valence-corrected chi connectivity index (χ1v) is 6.50. The Labute approximate surface area is 121 Å². The first-order chi connectivity index (χ1) is 10.1. The lowest BCUT2D eigenvalue weighted by atomic mass is 10.1. The third kappa shape index (κ3) is 3.63. The Morgan fingerprint density at radius 1 is 1.38 bits per heavy atom. The average Bonchev–Trinajstić information content (AvgIpc) is 2.48. The summed E-state index contributed by atoms with van der Waals surface area (Å²) >= 11 is 0. The van der Waals surface area contributed by atoms with Crippen molar-refractivity contribution in [3.05, 3.63) is 59.2 Å². The van der Waals surface area contributed by atoms with Gasteiger partial charge in [0, 0.05) is 12.3 Å². The van der Waals surface area contributed by atoms with Crippen molar-refractivity contribution in [2.75, 3.05) is 0 Å². The van der Waals surface area contributed by atoms with Crippen molar-refractivity contribution < 1.29 is 13.9 Å². The third-order valence-electron chi connectivity index (χ3n) is 2.84. The molecule has 0 atom stereocenters. The molecule has 2 aromatic rings. The molecule has 1 aromatic heterocycles. The normalized spacial score (nSPS) is 9.95. The fraction of sp³-hybridized carbons (Fsp3) is 0.188. The zero-order valence-electron chi connectivity index (χ0n) is 11.5. The summed E-state index contributed by atoms with van der Waals surface area (Å²) in [5, 5.41) is 8.63. The van der Waals surface area contributed by atoms with Crippen LogP contribution in [0.3, 0.4) is 0 Å². The molecular weight excluding hydrogens is 271 g/mol. The van der Waals surface area contributed by atoms with E-state index in [1.807, 2.05) is 6.07 Å². The van der Waals surface area contributed by atoms with Gasteiger partial charge in [-0.2, -0.15) is 5.26 Å². The Hall–Kier alpha value is -2.74. The van der Waals surface area contributed by atoms with Crippen molar-refractivity contribution in [3.63, 3.8) is 0 Å². The van der Waals surface area contributed by atoms with Crippen LogP contribution < -0.4 is 4.74 Å². The molecule has 0 aliphatic carbocycles. The highest BCUT2D eigenvalue weighted by molar-refractivity contribution is 5.88. The second kappa shape index (κ2) is 6.62. The van der Waals surface area contributed by atoms with Crippen LogP contribution in [0.5, 0.6) is 5.75 Å². The lowest BCUT2D eigenvalue weighted by Gasteiger charge is -2.05. The van der Waals surface area contributed by atoms with Crippen LogP contribution in [0.2, 0.25) is 0 Å². The Kier molecular flexibility index (Phi) is 4.62. The van der Waals surface area contributed by atoms with E-state index in [1.165, 1.54) is 12.1 Å². The van der Waals surface area contributed by atoms with E-state index in [9.17, 15) is 9.18 Å². The maximum atomic E-state index is 13.4. The highest BCUT2D eigenvalue weighted by Crippen LogP contribution is 2.17. The molecule has 5 heteroatoms. The standard InChI is InChI=1S/C16H13FN2O2/c1-2-3-11-4-7-15(19-10-11)16(20)21-13-6-5-12(9-18)14(17)8-13/h4-8,10H,2-3H2,1H3. The van der Waals surface area contributed by atoms with Crippen molar-refractivity contribution in [2.45, 2.75) is 19.8 Å². The van der Waals surface area contributed by atoms with Gasteiger partial charge in [-0.25, -0.2) is 14.2 Å². The molecule has 0 radical (unpaired) electrons. The number of hydrogen-bond acceptors (Lipinski definition) is 4. The first-order valence-electron chi connectivity index (χ1n) is 6.50. The van der Waals surface area contributed by atoms with Crippen LogP contribution in [0, 0.1) is 17.1 Å². The summed E-state index contributed by atoms with van der Waals surface area (Å²) in [5.41, 5.74) is 1.09. The Balaban J connectivity index is 2.10. The van der Waals surface area contributed by atoms with E-state index < -0.39 is 11.8 Å². The van der Waals surface area contributed by atoms with Gasteiger partial charge in [0.1, 0.15) is 23.3 Å². The summed E-state index contributed by atoms with van der Waals surface area (Å²) in [6, 6.07) is 8.71. The van der Waals surface area contributed by atoms with Gasteiger partial charge in [0.2, 0.25) is 0 Å². The van der Waals surface area contributed by atoms with Crippen LogP contribution in [-0.4, -0.2) is 11.0 Å². The number of pyridine rings is 1. The fourth-order valence-electron chi connectivity index (χ4n) is 1.79. The second-order valence-electron chi connectivity index (χ2n) is 4.44. The van der Waals surface area contributed by atoms with E-state index in [0.717, 1.165) is 24.5 Å². The van der Waals surface area contributed by atoms with Crippen LogP contribution in [0.1, 0.15) is 35.0 Å². The van der Waals surface area contributed by atoms with Crippen molar-refractivity contribution in [1.82, 2.24) is 4.98 Å². The highest BCUT2D eigenvalue weighted by Gasteiger charge is 2.12. The van der Waals surface area contributed by atoms with Crippen LogP contribution in [-0.2, 0) is 6.42 Å². The number of benzene rings is 1. The number of esters is 1. The number of hydrogen-bond donors (Lipinski definition) is 0. The van der Waals surface area contributed by atoms with Crippen molar-refractivity contribution in [3.8, 4) is 11.8 Å². The monoisotopic (exact) mass is 284 g/mol. The number of rotatable bonds is 4. The van der Waals surface area contributed by atoms with E-state index in [1.54, 1.807) is 18.3 Å². The lowest BCUT2D eigenvalue weighted by Crippen LogP contribution is -2.10. The van der Waals surface area contributed by atoms with Crippen LogP contribution in [0.25, 0.3) is 0 Å². The Bertz CT molecular complexity index is 690. The molecule has 2 rings (SSSR count). The molecule has 106 valence electrons. The molecule has 0 N–H and O–H groups in total. The van der Waals surface area contributed by atoms with Gasteiger partial charge in [-0.3, -0.25) is 0 Å². The number of nitriles is 1. The molecule has 21 heavy (non-hydrogen) atoms. The molecular formula is C16H13FN2O2. The van der Waals surface area contributed by atoms with Gasteiger partial charge >= 0.3 is 5.97 Å². The summed E-state index contributed by atoms with van der Waals surface area (Å²) < 4.78 is 18.4. The van der Waals surface area contributed by atoms with E-state index in [-0.39, 0.29) is 17.0 Å². The van der Waals surface area contributed by atoms with Crippen molar-refractivity contribution in [2.24, 2.45) is 0 Å². The molecule has 0 aliphatic heterocycles. The second-order valence-corrected chi connectivity index (χ2v) is 4.44. The molecule has 0 saturated carbocycles. The van der Waals surface area contributed by atoms with E-state index >= 15 is 0 Å². The first kappa shape index (κ1) is 14.7. The highest BCUT2D eigenvalue weighted by atomic mass is 19.1. The minimum atomic E-state index is -0.728. The van der Waals surface area contributed by atoms with E-state index in [2.05, 4.69) is 11.9 Å². The molecule has 0 fully saturated rings. The number of aromatic nitrogens is 1. The van der Waals surface area contributed by atoms with Gasteiger partial charge in [-0.05, 0) is 30.2 Å². The summed E-state index contributed by atoms with van der Waals surface area (Å²) in [5.74, 6) is -1.35. The van der Waals surface area contributed by atoms with E-state index in [4.69, 9.17) is 10.00 Å². The summed E-state index contributed by atoms with van der Waals surface area (Å²) in [4.78, 5) is 15.9. The molecule has 0 bridgehead atoms. The minimum Gasteiger partial charge on any atom is -0.422 e. The van der Waals surface area contributed by atoms with Gasteiger partial charge in [-0.15, -0.1) is 0 Å². The van der Waals surface area contributed by atoms with Gasteiger partial charge in [0.05, 0.1) is 5.56 Å². The number of halogens is 1. The van der Waals surface area contributed by atoms with Gasteiger partial charge in [0.15, 0.2) is 0 Å². The minimum absolute atomic E-state index is 0.0379. The molecule has 0 spiro atoms. The predicted octanol–water partition coefficient (Wildman–Crippen LogP) is 3.26. The Morgan fingerprint density at radius 2 is 2.19 bits per heavy atom. The summed E-state index contributed by atoms with van der Waals surface area (Å²) in [7, 11) is 0. The van der Waals surface area contributed by atoms with Gasteiger partial charge in [0.25, 0.3) is 0 Å². The third-order valence-corrected chi connectivity index (χ3v) is 2.84. The topological polar surface area (TPSA) is 63.0 Å². The number of carbonyl (C=O) groups is 1. The number of aryl methyl sites for hydroxylation is 1. The number of carbonyl (C=O) groups excluding carboxylic acids is 1. The summed E-state index contributed by atoms with van der Waals surface area (Å²) in [6.07, 6.45) is 3.51. The van der Waals surface area contributed by atoms with Gasteiger partial charge in [-0.1, -0.05) is 19.4 Å². The summed E-state index contributed by atoms with van der Waals surface area (Å²) in [6.45, 7) is 2.06. The van der Waals surface area contributed by atoms with Crippen molar-refractivity contribution in [1.29, 1.82) is 5.26 Å². The Morgan fingerprint density at radius 3 is 2.76 bits per heavy atom. The molecule has 1 heterocycles. The fourth-order valence-corrected chi connectivity index (χ4v) is 1.79. The zero-order valence-corrected chi connectivity index (χ0v) is 11.5. The smallest absolute Gasteiger partial charge is 0.362 e. The van der Waals surface area contributed by atoms with Crippen molar-refractivity contribution >= 4 is 5.97 Å². The average molecular weight is 284 g/mol. The molecule has 1 aromatic carbocycles. The van der Waals surface area contributed by atoms with Crippen LogP contribution >= 0.6 is 0 Å². The SMILES string of the molecule is CCCc1ccc(C(=O)Oc2ccc(C#N)c(F)c2)nc1. The number of nitrogens with zero attached hydrogens (tertiary/aromatic N) is 2. The van der Waals surface area contributed by atoms with Crippen LogP contribution in [0.4, 0.5) is 4.39 Å². The number of ether oxygens (including phenoxy) is 1. The molecule has 0 unspecified atom stereocenters. The molecule has 0 amide bonds. The largest absolute Gasteiger partial charge is 0.422 e. The molecule has 0 aliphatic rings. The lowest BCUT2D eigenvalue weighted by molar-refractivity contribution is 0.0728. The van der Waals surface area contributed by atoms with Crippen LogP contribution in [0.15, 0.2) is 36.5 Å². The maximum Gasteiger partial charge on any atom is 0.362 e. The zero-order chi connectivity index (χ0) is 15.2.